The van der Waals surface area contributed by atoms with Crippen LogP contribution >= 0.6 is 0 Å². The molecule has 0 atom stereocenters. The molecule has 0 fully saturated rings. The van der Waals surface area contributed by atoms with E-state index in [-0.39, 0.29) is 11.0 Å². The van der Waals surface area contributed by atoms with Gasteiger partial charge in [-0.1, -0.05) is 93.2 Å². The smallest absolute Gasteiger partial charge is 0.335 e. The molecule has 0 bridgehead atoms. The molecule has 4 aromatic carbocycles. The minimum atomic E-state index is -0.931. The van der Waals surface area contributed by atoms with Crippen LogP contribution in [0, 0.1) is 0 Å². The van der Waals surface area contributed by atoms with Crippen LogP contribution in [0.5, 0.6) is 5.75 Å². The lowest BCUT2D eigenvalue weighted by Crippen LogP contribution is -2.22. The van der Waals surface area contributed by atoms with Crippen LogP contribution in [0.3, 0.4) is 0 Å². The molecule has 0 saturated heterocycles. The molecule has 3 heteroatoms. The van der Waals surface area contributed by atoms with Crippen molar-refractivity contribution in [1.82, 2.24) is 0 Å². The molecule has 0 heterocycles. The van der Waals surface area contributed by atoms with E-state index in [9.17, 15) is 9.90 Å². The predicted molar refractivity (Wildman–Crippen MR) is 150 cm³/mol. The van der Waals surface area contributed by atoms with Crippen molar-refractivity contribution in [1.29, 1.82) is 0 Å². The molecule has 1 aliphatic carbocycles. The summed E-state index contributed by atoms with van der Waals surface area (Å²) in [5.74, 6) is -0.0871. The molecule has 5 rings (SSSR count). The first-order valence-electron chi connectivity index (χ1n) is 12.5. The van der Waals surface area contributed by atoms with Gasteiger partial charge in [0.2, 0.25) is 0 Å². The third-order valence-corrected chi connectivity index (χ3v) is 7.10. The van der Waals surface area contributed by atoms with Crippen molar-refractivity contribution in [2.24, 2.45) is 0 Å². The number of benzene rings is 4. The summed E-state index contributed by atoms with van der Waals surface area (Å²) in [5.41, 5.74) is 9.11. The zero-order chi connectivity index (χ0) is 26.0. The first-order valence-corrected chi connectivity index (χ1v) is 12.5. The topological polar surface area (TPSA) is 46.5 Å². The van der Waals surface area contributed by atoms with Crippen LogP contribution < -0.4 is 4.74 Å². The fourth-order valence-corrected chi connectivity index (χ4v) is 4.85. The molecule has 0 saturated carbocycles. The molecule has 0 aromatic heterocycles. The van der Waals surface area contributed by atoms with E-state index in [0.717, 1.165) is 40.0 Å². The number of ether oxygens (including phenoxy) is 1. The Hall–Kier alpha value is -4.37. The van der Waals surface area contributed by atoms with Gasteiger partial charge in [0.15, 0.2) is 0 Å². The number of rotatable bonds is 7. The Kier molecular flexibility index (Phi) is 6.54. The fourth-order valence-electron chi connectivity index (χ4n) is 4.85. The quantitative estimate of drug-likeness (QED) is 0.287. The Labute approximate surface area is 218 Å². The van der Waals surface area contributed by atoms with Crippen molar-refractivity contribution in [3.8, 4) is 5.75 Å². The Morgan fingerprint density at radius 2 is 1.51 bits per heavy atom. The first kappa shape index (κ1) is 24.3. The van der Waals surface area contributed by atoms with Gasteiger partial charge < -0.3 is 9.84 Å². The van der Waals surface area contributed by atoms with Crippen LogP contribution in [-0.4, -0.2) is 11.1 Å². The Morgan fingerprint density at radius 3 is 2.19 bits per heavy atom. The lowest BCUT2D eigenvalue weighted by atomic mass is 9.71. The minimum absolute atomic E-state index is 0.0283. The van der Waals surface area contributed by atoms with E-state index in [1.807, 2.05) is 42.5 Å². The van der Waals surface area contributed by atoms with Gasteiger partial charge in [0.1, 0.15) is 12.4 Å². The third-order valence-electron chi connectivity index (χ3n) is 7.10. The highest BCUT2D eigenvalue weighted by atomic mass is 16.5. The molecule has 0 spiro atoms. The number of hydrogen-bond acceptors (Lipinski definition) is 2. The third kappa shape index (κ3) is 5.12. The summed E-state index contributed by atoms with van der Waals surface area (Å²) in [6.07, 6.45) is 3.29. The molecule has 0 radical (unpaired) electrons. The number of carboxylic acids is 1. The number of fused-ring (bicyclic) bond motifs is 1. The van der Waals surface area contributed by atoms with Crippen molar-refractivity contribution >= 4 is 17.1 Å². The van der Waals surface area contributed by atoms with Crippen molar-refractivity contribution < 1.29 is 14.6 Å². The molecule has 3 nitrogen and oxygen atoms in total. The van der Waals surface area contributed by atoms with Gasteiger partial charge in [-0.05, 0) is 86.7 Å². The van der Waals surface area contributed by atoms with E-state index in [1.54, 1.807) is 12.1 Å². The molecule has 1 aliphatic rings. The van der Waals surface area contributed by atoms with E-state index >= 15 is 0 Å². The Balaban J connectivity index is 1.43. The second-order valence-electron chi connectivity index (χ2n) is 10.1. The summed E-state index contributed by atoms with van der Waals surface area (Å²) in [5, 5.41) is 9.21. The van der Waals surface area contributed by atoms with E-state index < -0.39 is 5.97 Å². The van der Waals surface area contributed by atoms with E-state index in [2.05, 4.69) is 69.0 Å². The Bertz CT molecular complexity index is 1470. The maximum Gasteiger partial charge on any atom is 0.335 e. The lowest BCUT2D eigenvalue weighted by molar-refractivity contribution is 0.0697. The Morgan fingerprint density at radius 1 is 0.865 bits per heavy atom. The van der Waals surface area contributed by atoms with Crippen LogP contribution in [0.1, 0.15) is 64.0 Å². The molecule has 4 aromatic rings. The van der Waals surface area contributed by atoms with Crippen molar-refractivity contribution in [3.05, 3.63) is 149 Å². The molecular formula is C34H30O3. The first-order chi connectivity index (χ1) is 17.8. The maximum atomic E-state index is 11.2. The van der Waals surface area contributed by atoms with Gasteiger partial charge in [-0.25, -0.2) is 4.79 Å². The van der Waals surface area contributed by atoms with Gasteiger partial charge in [0.05, 0.1) is 5.56 Å². The number of hydrogen-bond donors (Lipinski definition) is 1. The number of aromatic carboxylic acids is 1. The SMILES string of the molecule is C=C(c1ccc(C(=O)O)cc1)c1ccc2c(c1)C(c1ccc(OCc3ccccc3)cc1)=CCC2(C)C. The monoisotopic (exact) mass is 486 g/mol. The molecule has 0 amide bonds. The molecule has 37 heavy (non-hydrogen) atoms. The van der Waals surface area contributed by atoms with Crippen LogP contribution in [0.15, 0.2) is 110 Å². The van der Waals surface area contributed by atoms with Gasteiger partial charge in [-0.15, -0.1) is 0 Å². The fraction of sp³-hybridized carbons (Fsp3) is 0.147. The normalized spacial score (nSPS) is 13.8. The predicted octanol–water partition coefficient (Wildman–Crippen LogP) is 8.14. The van der Waals surface area contributed by atoms with Crippen LogP contribution in [0.25, 0.3) is 11.1 Å². The van der Waals surface area contributed by atoms with E-state index in [0.29, 0.717) is 6.61 Å². The summed E-state index contributed by atoms with van der Waals surface area (Å²) in [6, 6.07) is 31.9. The van der Waals surface area contributed by atoms with E-state index in [1.165, 1.54) is 16.7 Å². The van der Waals surface area contributed by atoms with Crippen molar-refractivity contribution in [2.45, 2.75) is 32.3 Å². The van der Waals surface area contributed by atoms with Gasteiger partial charge in [0, 0.05) is 0 Å². The number of allylic oxidation sites excluding steroid dienone is 1. The maximum absolute atomic E-state index is 11.2. The summed E-state index contributed by atoms with van der Waals surface area (Å²) in [4.78, 5) is 11.2. The summed E-state index contributed by atoms with van der Waals surface area (Å²) < 4.78 is 5.99. The van der Waals surface area contributed by atoms with Crippen LogP contribution in [0.4, 0.5) is 0 Å². The highest BCUT2D eigenvalue weighted by molar-refractivity contribution is 5.90. The van der Waals surface area contributed by atoms with Crippen LogP contribution in [0.2, 0.25) is 0 Å². The molecular weight excluding hydrogens is 456 g/mol. The van der Waals surface area contributed by atoms with E-state index in [4.69, 9.17) is 4.74 Å². The number of carbonyl (C=O) groups is 1. The standard InChI is InChI=1S/C34H30O3/c1-23(25-9-11-27(12-10-25)33(35)36)28-15-18-32-31(21-28)30(19-20-34(32,2)3)26-13-16-29(17-14-26)37-22-24-7-5-4-6-8-24/h4-19,21H,1,20,22H2,2-3H3,(H,35,36). The average molecular weight is 487 g/mol. The van der Waals surface area contributed by atoms with Crippen LogP contribution in [-0.2, 0) is 12.0 Å². The second-order valence-corrected chi connectivity index (χ2v) is 10.1. The average Bonchev–Trinajstić information content (AvgIpc) is 2.92. The molecule has 0 aliphatic heterocycles. The summed E-state index contributed by atoms with van der Waals surface area (Å²) in [6.45, 7) is 9.42. The zero-order valence-electron chi connectivity index (χ0n) is 21.2. The second kappa shape index (κ2) is 9.94. The zero-order valence-corrected chi connectivity index (χ0v) is 21.2. The summed E-state index contributed by atoms with van der Waals surface area (Å²) >= 11 is 0. The van der Waals surface area contributed by atoms with Crippen molar-refractivity contribution in [2.75, 3.05) is 0 Å². The molecule has 184 valence electrons. The summed E-state index contributed by atoms with van der Waals surface area (Å²) in [7, 11) is 0. The lowest BCUT2D eigenvalue weighted by Gasteiger charge is -2.33. The van der Waals surface area contributed by atoms with Gasteiger partial charge in [-0.3, -0.25) is 0 Å². The van der Waals surface area contributed by atoms with Gasteiger partial charge in [-0.2, -0.15) is 0 Å². The highest BCUT2D eigenvalue weighted by Crippen LogP contribution is 2.43. The largest absolute Gasteiger partial charge is 0.489 e. The minimum Gasteiger partial charge on any atom is -0.489 e. The highest BCUT2D eigenvalue weighted by Gasteiger charge is 2.29. The molecule has 0 unspecified atom stereocenters. The van der Waals surface area contributed by atoms with Crippen molar-refractivity contribution in [3.63, 3.8) is 0 Å². The van der Waals surface area contributed by atoms with Gasteiger partial charge in [0.25, 0.3) is 0 Å². The molecule has 1 N–H and O–H groups in total. The number of carboxylic acid groups (broad SMARTS) is 1. The van der Waals surface area contributed by atoms with Gasteiger partial charge >= 0.3 is 5.97 Å².